The molecule has 0 saturated heterocycles. The van der Waals surface area contributed by atoms with Crippen LogP contribution in [0.4, 0.5) is 5.69 Å². The fourth-order valence-corrected chi connectivity index (χ4v) is 2.07. The van der Waals surface area contributed by atoms with E-state index < -0.39 is 0 Å². The van der Waals surface area contributed by atoms with Gasteiger partial charge in [0.2, 0.25) is 0 Å². The van der Waals surface area contributed by atoms with Crippen molar-refractivity contribution < 1.29 is 5.11 Å². The largest absolute Gasteiger partial charge is 0.505 e. The summed E-state index contributed by atoms with van der Waals surface area (Å²) >= 11 is 0. The number of nitrogens with one attached hydrogen (secondary N) is 2. The fraction of sp³-hybridized carbons (Fsp3) is 0.400. The van der Waals surface area contributed by atoms with Crippen LogP contribution >= 0.6 is 0 Å². The molecule has 132 valence electrons. The van der Waals surface area contributed by atoms with Gasteiger partial charge in [-0.25, -0.2) is 0 Å². The molecule has 1 aromatic rings. The van der Waals surface area contributed by atoms with Crippen molar-refractivity contribution in [3.8, 4) is 5.75 Å². The Kier molecular flexibility index (Phi) is 10.9. The minimum Gasteiger partial charge on any atom is -0.505 e. The first-order valence-electron chi connectivity index (χ1n) is 8.53. The maximum absolute atomic E-state index is 10.4. The Morgan fingerprint density at radius 3 is 2.58 bits per heavy atom. The Morgan fingerprint density at radius 2 is 2.04 bits per heavy atom. The second-order valence-corrected chi connectivity index (χ2v) is 5.15. The Morgan fingerprint density at radius 1 is 1.38 bits per heavy atom. The van der Waals surface area contributed by atoms with Gasteiger partial charge in [-0.1, -0.05) is 45.9 Å². The summed E-state index contributed by atoms with van der Waals surface area (Å²) in [6, 6.07) is 3.84. The predicted molar refractivity (Wildman–Crippen MR) is 107 cm³/mol. The first-order valence-corrected chi connectivity index (χ1v) is 8.53. The van der Waals surface area contributed by atoms with Crippen molar-refractivity contribution in [3.05, 3.63) is 48.1 Å². The number of phenolic OH excluding ortho intramolecular Hbond substituents is 1. The fourth-order valence-electron chi connectivity index (χ4n) is 2.07. The molecule has 0 aliphatic carbocycles. The third kappa shape index (κ3) is 6.82. The summed E-state index contributed by atoms with van der Waals surface area (Å²) in [6.07, 6.45) is 7.92. The van der Waals surface area contributed by atoms with Gasteiger partial charge in [-0.15, -0.1) is 0 Å². The second kappa shape index (κ2) is 12.1. The highest BCUT2D eigenvalue weighted by Crippen LogP contribution is 2.30. The van der Waals surface area contributed by atoms with Gasteiger partial charge < -0.3 is 5.11 Å². The molecular weight excluding hydrogens is 298 g/mol. The lowest BCUT2D eigenvalue weighted by Crippen LogP contribution is -2.09. The Balaban J connectivity index is 0.00000254. The van der Waals surface area contributed by atoms with Crippen LogP contribution in [0.1, 0.15) is 51.7 Å². The van der Waals surface area contributed by atoms with Crippen LogP contribution in [0.2, 0.25) is 0 Å². The van der Waals surface area contributed by atoms with Gasteiger partial charge in [0, 0.05) is 0 Å². The number of hydrogen-bond donors (Lipinski definition) is 3. The molecule has 0 atom stereocenters. The van der Waals surface area contributed by atoms with E-state index in [1.807, 2.05) is 39.8 Å². The van der Waals surface area contributed by atoms with Crippen molar-refractivity contribution >= 4 is 17.1 Å². The summed E-state index contributed by atoms with van der Waals surface area (Å²) in [7, 11) is 0. The van der Waals surface area contributed by atoms with Crippen LogP contribution in [0.25, 0.3) is 0 Å². The van der Waals surface area contributed by atoms with Crippen molar-refractivity contribution in [1.29, 1.82) is 5.41 Å². The first kappa shape index (κ1) is 21.6. The zero-order valence-corrected chi connectivity index (χ0v) is 15.6. The topological polar surface area (TPSA) is 68.5 Å². The van der Waals surface area contributed by atoms with E-state index in [1.54, 1.807) is 12.2 Å². The van der Waals surface area contributed by atoms with Crippen LogP contribution in [0, 0.1) is 12.3 Å². The van der Waals surface area contributed by atoms with Crippen LogP contribution in [-0.2, 0) is 6.42 Å². The molecule has 0 saturated carbocycles. The van der Waals surface area contributed by atoms with E-state index in [2.05, 4.69) is 24.0 Å². The molecule has 0 heterocycles. The molecule has 0 bridgehead atoms. The molecule has 1 aromatic carbocycles. The maximum Gasteiger partial charge on any atom is 0.143 e. The minimum absolute atomic E-state index is 0.226. The molecule has 0 aliphatic heterocycles. The lowest BCUT2D eigenvalue weighted by molar-refractivity contribution is 0.469. The molecule has 0 fully saturated rings. The van der Waals surface area contributed by atoms with Gasteiger partial charge in [0.25, 0.3) is 0 Å². The molecule has 0 amide bonds. The summed E-state index contributed by atoms with van der Waals surface area (Å²) in [5.41, 5.74) is 6.11. The quantitative estimate of drug-likeness (QED) is 0.329. The summed E-state index contributed by atoms with van der Waals surface area (Å²) in [4.78, 5) is 0. The van der Waals surface area contributed by atoms with E-state index in [0.29, 0.717) is 11.4 Å². The van der Waals surface area contributed by atoms with E-state index in [9.17, 15) is 5.11 Å². The van der Waals surface area contributed by atoms with E-state index in [-0.39, 0.29) is 11.5 Å². The van der Waals surface area contributed by atoms with Crippen molar-refractivity contribution in [2.24, 2.45) is 5.10 Å². The van der Waals surface area contributed by atoms with Gasteiger partial charge in [0.15, 0.2) is 0 Å². The molecule has 4 heteroatoms. The molecule has 0 spiro atoms. The Hall–Kier alpha value is -2.36. The van der Waals surface area contributed by atoms with Gasteiger partial charge >= 0.3 is 0 Å². The third-order valence-electron chi connectivity index (χ3n) is 3.23. The van der Waals surface area contributed by atoms with Gasteiger partial charge in [0.05, 0.1) is 11.4 Å². The molecule has 0 radical (unpaired) electrons. The number of nitrogens with zero attached hydrogens (tertiary/aromatic N) is 1. The van der Waals surface area contributed by atoms with Crippen LogP contribution in [0.15, 0.2) is 42.0 Å². The smallest absolute Gasteiger partial charge is 0.143 e. The van der Waals surface area contributed by atoms with Crippen molar-refractivity contribution in [2.45, 2.75) is 53.9 Å². The molecule has 4 nitrogen and oxygen atoms in total. The monoisotopic (exact) mass is 329 g/mol. The Labute approximate surface area is 146 Å². The zero-order chi connectivity index (χ0) is 18.5. The van der Waals surface area contributed by atoms with Gasteiger partial charge in [-0.05, 0) is 56.0 Å². The number of benzene rings is 1. The standard InChI is InChI=1S/C18H25N3O.C2H6/c1-5-8-10-14-11-13(4)12-17(18(14)22)21-20-16(9-6-2)15(19)7-3;1-2/h6-7,9,11-12,19,21-22H,3,5,8,10H2,1-2,4H3;1-2H3/b9-6-,19-15?,20-16-;. The summed E-state index contributed by atoms with van der Waals surface area (Å²) in [5, 5.41) is 22.3. The highest BCUT2D eigenvalue weighted by molar-refractivity contribution is 6.49. The number of phenols is 1. The van der Waals surface area contributed by atoms with E-state index in [4.69, 9.17) is 5.41 Å². The van der Waals surface area contributed by atoms with E-state index >= 15 is 0 Å². The third-order valence-corrected chi connectivity index (χ3v) is 3.23. The lowest BCUT2D eigenvalue weighted by Gasteiger charge is -2.11. The summed E-state index contributed by atoms with van der Waals surface area (Å²) in [5.74, 6) is 0.229. The number of aryl methyl sites for hydroxylation is 2. The van der Waals surface area contributed by atoms with E-state index in [1.165, 1.54) is 6.08 Å². The molecule has 0 aliphatic rings. The van der Waals surface area contributed by atoms with Gasteiger partial charge in [-0.2, -0.15) is 5.10 Å². The average molecular weight is 329 g/mol. The van der Waals surface area contributed by atoms with Crippen molar-refractivity contribution in [1.82, 2.24) is 0 Å². The molecule has 0 aromatic heterocycles. The summed E-state index contributed by atoms with van der Waals surface area (Å²) in [6.45, 7) is 13.6. The lowest BCUT2D eigenvalue weighted by atomic mass is 10.0. The number of hydrazone groups is 1. The van der Waals surface area contributed by atoms with Crippen LogP contribution in [-0.4, -0.2) is 16.5 Å². The predicted octanol–water partition coefficient (Wildman–Crippen LogP) is 5.62. The summed E-state index contributed by atoms with van der Waals surface area (Å²) < 4.78 is 0. The molecule has 1 rings (SSSR count). The van der Waals surface area contributed by atoms with Crippen molar-refractivity contribution in [2.75, 3.05) is 5.43 Å². The number of unbranched alkanes of at least 4 members (excludes halogenated alkanes) is 1. The number of allylic oxidation sites excluding steroid dienone is 3. The minimum atomic E-state index is 0.226. The second-order valence-electron chi connectivity index (χ2n) is 5.15. The van der Waals surface area contributed by atoms with E-state index in [0.717, 1.165) is 30.4 Å². The van der Waals surface area contributed by atoms with Crippen LogP contribution < -0.4 is 5.43 Å². The van der Waals surface area contributed by atoms with Crippen LogP contribution in [0.3, 0.4) is 0 Å². The highest BCUT2D eigenvalue weighted by Gasteiger charge is 2.09. The van der Waals surface area contributed by atoms with Crippen LogP contribution in [0.5, 0.6) is 5.75 Å². The average Bonchev–Trinajstić information content (AvgIpc) is 2.60. The maximum atomic E-state index is 10.4. The normalized spacial score (nSPS) is 11.0. The number of hydrogen-bond acceptors (Lipinski definition) is 4. The van der Waals surface area contributed by atoms with Gasteiger partial charge in [0.1, 0.15) is 11.5 Å². The first-order chi connectivity index (χ1) is 11.5. The van der Waals surface area contributed by atoms with Crippen molar-refractivity contribution in [3.63, 3.8) is 0 Å². The molecule has 24 heavy (non-hydrogen) atoms. The number of aromatic hydroxyl groups is 1. The Bertz CT molecular complexity index is 601. The van der Waals surface area contributed by atoms with Gasteiger partial charge in [-0.3, -0.25) is 10.8 Å². The number of rotatable bonds is 8. The SMILES string of the molecule is C=CC(=N)C(/C=C\C)=N\Nc1cc(C)cc(CCCC)c1O.CC. The molecule has 3 N–H and O–H groups in total. The zero-order valence-electron chi connectivity index (χ0n) is 15.6. The number of anilines is 1. The molecular formula is C20H31N3O. The highest BCUT2D eigenvalue weighted by atomic mass is 16.3. The molecule has 0 unspecified atom stereocenters.